The maximum absolute atomic E-state index is 10.9. The number of rotatable bonds is 4. The summed E-state index contributed by atoms with van der Waals surface area (Å²) in [5.74, 6) is 1.73. The van der Waals surface area contributed by atoms with E-state index in [0.29, 0.717) is 5.01 Å². The number of hydrogen-bond acceptors (Lipinski definition) is 8. The molecular formula is C28H28N2O4S2. The summed E-state index contributed by atoms with van der Waals surface area (Å²) in [6.45, 7) is 0.0248. The van der Waals surface area contributed by atoms with Gasteiger partial charge in [0.15, 0.2) is 11.3 Å². The molecule has 0 saturated carbocycles. The second-order valence-electron chi connectivity index (χ2n) is 8.74. The van der Waals surface area contributed by atoms with Gasteiger partial charge in [0.1, 0.15) is 16.5 Å². The van der Waals surface area contributed by atoms with Crippen LogP contribution < -0.4 is 9.47 Å². The topological polar surface area (TPSA) is 81.5 Å². The van der Waals surface area contributed by atoms with Crippen molar-refractivity contribution in [2.45, 2.75) is 45.1 Å². The lowest BCUT2D eigenvalue weighted by atomic mass is 10.0. The fourth-order valence-corrected chi connectivity index (χ4v) is 6.77. The molecule has 0 amide bonds. The number of ether oxygens (including phenoxy) is 2. The van der Waals surface area contributed by atoms with Gasteiger partial charge in [-0.2, -0.15) is 0 Å². The van der Waals surface area contributed by atoms with Crippen molar-refractivity contribution in [3.63, 3.8) is 0 Å². The third-order valence-electron chi connectivity index (χ3n) is 6.53. The summed E-state index contributed by atoms with van der Waals surface area (Å²) in [6, 6.07) is 12.4. The van der Waals surface area contributed by atoms with E-state index >= 15 is 0 Å². The van der Waals surface area contributed by atoms with Crippen LogP contribution in [0, 0.1) is 0 Å². The van der Waals surface area contributed by atoms with Crippen molar-refractivity contribution in [3.8, 4) is 32.4 Å². The molecule has 0 radical (unpaired) electrons. The van der Waals surface area contributed by atoms with Gasteiger partial charge >= 0.3 is 0 Å². The third-order valence-corrected chi connectivity index (χ3v) is 8.71. The van der Waals surface area contributed by atoms with Gasteiger partial charge in [0.05, 0.1) is 42.0 Å². The van der Waals surface area contributed by atoms with Gasteiger partial charge in [-0.1, -0.05) is 12.1 Å². The fourth-order valence-electron chi connectivity index (χ4n) is 4.77. The zero-order valence-electron chi connectivity index (χ0n) is 20.4. The van der Waals surface area contributed by atoms with E-state index < -0.39 is 0 Å². The van der Waals surface area contributed by atoms with Gasteiger partial charge in [-0.05, 0) is 73.9 Å². The number of aldehydes is 1. The molecule has 1 N–H and O–H groups in total. The first kappa shape index (κ1) is 24.6. The van der Waals surface area contributed by atoms with Gasteiger partial charge in [0.2, 0.25) is 0 Å². The summed E-state index contributed by atoms with van der Waals surface area (Å²) in [7, 11) is 3.36. The largest absolute Gasteiger partial charge is 0.497 e. The maximum atomic E-state index is 10.9. The van der Waals surface area contributed by atoms with Crippen molar-refractivity contribution >= 4 is 29.0 Å². The molecule has 2 aliphatic carbocycles. The lowest BCUT2D eigenvalue weighted by Gasteiger charge is -2.07. The number of fused-ring (bicyclic) bond motifs is 6. The maximum Gasteiger partial charge on any atom is 0.178 e. The Kier molecular flexibility index (Phi) is 7.46. The number of thiazole rings is 2. The molecule has 0 spiro atoms. The standard InChI is InChI=1S/C14H15NO2S.C14H13NO2S/c2*1-17-10-6-5-9-3-2-4-12-14(11(9)7-10)18-13(8-16)15-12/h5-7,16H,2-4,8H2,1H3;5-8H,2-4H2,1H3. The predicted octanol–water partition coefficient (Wildman–Crippen LogP) is 5.92. The Balaban J connectivity index is 0.000000148. The molecule has 6 rings (SSSR count). The van der Waals surface area contributed by atoms with Crippen LogP contribution in [0.1, 0.15) is 50.2 Å². The van der Waals surface area contributed by atoms with E-state index in [-0.39, 0.29) is 6.61 Å². The molecule has 0 fully saturated rings. The molecule has 0 saturated heterocycles. The van der Waals surface area contributed by atoms with Crippen LogP contribution in [0.25, 0.3) is 20.9 Å². The number of nitrogens with zero attached hydrogens (tertiary/aromatic N) is 2. The fraction of sp³-hybridized carbons (Fsp3) is 0.321. The highest BCUT2D eigenvalue weighted by atomic mass is 32.1. The first-order valence-corrected chi connectivity index (χ1v) is 13.7. The van der Waals surface area contributed by atoms with Crippen LogP contribution >= 0.6 is 22.7 Å². The minimum Gasteiger partial charge on any atom is -0.497 e. The average molecular weight is 521 g/mol. The van der Waals surface area contributed by atoms with E-state index in [1.807, 2.05) is 18.2 Å². The second kappa shape index (κ2) is 10.9. The van der Waals surface area contributed by atoms with Crippen LogP contribution in [-0.2, 0) is 32.3 Å². The van der Waals surface area contributed by atoms with Crippen molar-refractivity contribution in [2.24, 2.45) is 0 Å². The Morgan fingerprint density at radius 2 is 1.39 bits per heavy atom. The Hall–Kier alpha value is -3.07. The zero-order chi connectivity index (χ0) is 25.1. The van der Waals surface area contributed by atoms with E-state index in [4.69, 9.17) is 9.47 Å². The molecule has 36 heavy (non-hydrogen) atoms. The lowest BCUT2D eigenvalue weighted by Crippen LogP contribution is -1.89. The normalized spacial score (nSPS) is 13.5. The molecule has 2 aromatic heterocycles. The van der Waals surface area contributed by atoms with Gasteiger partial charge in [0, 0.05) is 11.1 Å². The zero-order valence-corrected chi connectivity index (χ0v) is 22.0. The lowest BCUT2D eigenvalue weighted by molar-refractivity contribution is 0.112. The first-order chi connectivity index (χ1) is 17.6. The third kappa shape index (κ3) is 4.93. The second-order valence-corrected chi connectivity index (χ2v) is 10.9. The smallest absolute Gasteiger partial charge is 0.178 e. The van der Waals surface area contributed by atoms with Gasteiger partial charge in [-0.25, -0.2) is 9.97 Å². The minimum absolute atomic E-state index is 0.0248. The number of carbonyl (C=O) groups is 1. The van der Waals surface area contributed by atoms with Gasteiger partial charge in [-0.3, -0.25) is 4.79 Å². The van der Waals surface area contributed by atoms with Crippen LogP contribution in [-0.4, -0.2) is 35.6 Å². The number of aromatic nitrogens is 2. The molecule has 0 aliphatic heterocycles. The number of benzene rings is 2. The number of methoxy groups -OCH3 is 2. The number of carbonyl (C=O) groups excluding carboxylic acids is 1. The Labute approximate surface area is 218 Å². The summed E-state index contributed by atoms with van der Waals surface area (Å²) in [5.41, 5.74) is 7.23. The summed E-state index contributed by atoms with van der Waals surface area (Å²) in [5, 5.41) is 10.6. The highest BCUT2D eigenvalue weighted by Gasteiger charge is 2.20. The molecule has 2 aromatic carbocycles. The minimum atomic E-state index is 0.0248. The van der Waals surface area contributed by atoms with Crippen molar-refractivity contribution < 1.29 is 19.4 Å². The monoisotopic (exact) mass is 520 g/mol. The Morgan fingerprint density at radius 1 is 0.833 bits per heavy atom. The molecule has 4 aromatic rings. The summed E-state index contributed by atoms with van der Waals surface area (Å²) < 4.78 is 10.6. The van der Waals surface area contributed by atoms with Crippen LogP contribution in [0.2, 0.25) is 0 Å². The van der Waals surface area contributed by atoms with E-state index in [9.17, 15) is 9.90 Å². The average Bonchev–Trinajstić information content (AvgIpc) is 3.44. The molecule has 2 heterocycles. The highest BCUT2D eigenvalue weighted by Crippen LogP contribution is 2.39. The highest BCUT2D eigenvalue weighted by molar-refractivity contribution is 7.16. The van der Waals surface area contributed by atoms with Crippen LogP contribution in [0.15, 0.2) is 36.4 Å². The number of hydrogen-bond donors (Lipinski definition) is 1. The van der Waals surface area contributed by atoms with Crippen molar-refractivity contribution in [1.82, 2.24) is 9.97 Å². The van der Waals surface area contributed by atoms with Gasteiger partial charge < -0.3 is 14.6 Å². The molecular weight excluding hydrogens is 492 g/mol. The van der Waals surface area contributed by atoms with E-state index in [0.717, 1.165) is 77.6 Å². The molecule has 0 unspecified atom stereocenters. The predicted molar refractivity (Wildman–Crippen MR) is 144 cm³/mol. The van der Waals surface area contributed by atoms with Crippen LogP contribution in [0.3, 0.4) is 0 Å². The summed E-state index contributed by atoms with van der Waals surface area (Å²) >= 11 is 3.07. The van der Waals surface area contributed by atoms with Crippen LogP contribution in [0.4, 0.5) is 0 Å². The van der Waals surface area contributed by atoms with E-state index in [1.165, 1.54) is 38.5 Å². The summed E-state index contributed by atoms with van der Waals surface area (Å²) in [4.78, 5) is 22.1. The van der Waals surface area contributed by atoms with Crippen molar-refractivity contribution in [1.29, 1.82) is 0 Å². The van der Waals surface area contributed by atoms with Gasteiger partial charge in [-0.15, -0.1) is 22.7 Å². The van der Waals surface area contributed by atoms with Gasteiger partial charge in [0.25, 0.3) is 0 Å². The molecule has 8 heteroatoms. The Bertz CT molecular complexity index is 1390. The first-order valence-electron chi connectivity index (χ1n) is 12.0. The summed E-state index contributed by atoms with van der Waals surface area (Å²) in [6.07, 6.45) is 7.09. The quantitative estimate of drug-likeness (QED) is 0.337. The number of aliphatic hydroxyl groups is 1. The molecule has 0 bridgehead atoms. The Morgan fingerprint density at radius 3 is 1.92 bits per heavy atom. The van der Waals surface area contributed by atoms with Crippen LogP contribution in [0.5, 0.6) is 11.5 Å². The SMILES string of the molecule is COc1ccc2c(c1)-c1sc(C=O)nc1CCC2.COc1ccc2c(c1)-c1sc(CO)nc1CCC2. The number of aliphatic hydroxyl groups excluding tert-OH is 1. The molecule has 2 aliphatic rings. The van der Waals surface area contributed by atoms with Crippen molar-refractivity contribution in [3.05, 3.63) is 68.9 Å². The van der Waals surface area contributed by atoms with Crippen molar-refractivity contribution in [2.75, 3.05) is 14.2 Å². The van der Waals surface area contributed by atoms with E-state index in [1.54, 1.807) is 25.6 Å². The molecule has 6 nitrogen and oxygen atoms in total. The molecule has 186 valence electrons. The number of aryl methyl sites for hydroxylation is 4. The van der Waals surface area contributed by atoms with E-state index in [2.05, 4.69) is 28.2 Å². The molecule has 0 atom stereocenters.